The van der Waals surface area contributed by atoms with Gasteiger partial charge in [0.15, 0.2) is 0 Å². The molecule has 4 nitrogen and oxygen atoms in total. The van der Waals surface area contributed by atoms with Gasteiger partial charge in [-0.25, -0.2) is 0 Å². The number of rotatable bonds is 6. The predicted molar refractivity (Wildman–Crippen MR) is 59.0 cm³/mol. The molecule has 2 unspecified atom stereocenters. The van der Waals surface area contributed by atoms with Crippen molar-refractivity contribution in [1.82, 2.24) is 5.32 Å². The lowest BCUT2D eigenvalue weighted by Gasteiger charge is -2.35. The summed E-state index contributed by atoms with van der Waals surface area (Å²) in [6, 6.07) is 0.394. The van der Waals surface area contributed by atoms with Gasteiger partial charge < -0.3 is 19.9 Å². The van der Waals surface area contributed by atoms with Crippen LogP contribution in [0.1, 0.15) is 26.2 Å². The number of methoxy groups -OCH3 is 1. The lowest BCUT2D eigenvalue weighted by molar-refractivity contribution is 0.0358. The van der Waals surface area contributed by atoms with Crippen molar-refractivity contribution < 1.29 is 14.6 Å². The number of aliphatic hydroxyl groups is 1. The summed E-state index contributed by atoms with van der Waals surface area (Å²) in [5.74, 6) is 0. The molecule has 0 spiro atoms. The first kappa shape index (κ1) is 12.9. The molecule has 0 aromatic rings. The van der Waals surface area contributed by atoms with E-state index >= 15 is 0 Å². The van der Waals surface area contributed by atoms with E-state index in [9.17, 15) is 0 Å². The minimum atomic E-state index is -0.144. The molecule has 0 aromatic carbocycles. The summed E-state index contributed by atoms with van der Waals surface area (Å²) in [7, 11) is 1.69. The maximum atomic E-state index is 9.03. The summed E-state index contributed by atoms with van der Waals surface area (Å²) in [4.78, 5) is 0. The van der Waals surface area contributed by atoms with E-state index in [1.807, 2.05) is 0 Å². The Labute approximate surface area is 92.0 Å². The summed E-state index contributed by atoms with van der Waals surface area (Å²) in [6.45, 7) is 4.52. The van der Waals surface area contributed by atoms with E-state index in [0.29, 0.717) is 19.1 Å². The maximum absolute atomic E-state index is 9.03. The SMILES string of the molecule is COCC(C)(CCO)NC1CCCOC1. The summed E-state index contributed by atoms with van der Waals surface area (Å²) in [5.41, 5.74) is -0.144. The Balaban J connectivity index is 2.40. The largest absolute Gasteiger partial charge is 0.396 e. The van der Waals surface area contributed by atoms with Crippen molar-refractivity contribution in [3.8, 4) is 0 Å². The summed E-state index contributed by atoms with van der Waals surface area (Å²) in [5, 5.41) is 12.6. The van der Waals surface area contributed by atoms with Crippen LogP contribution in [0.15, 0.2) is 0 Å². The molecule has 1 rings (SSSR count). The fourth-order valence-electron chi connectivity index (χ4n) is 2.10. The zero-order valence-corrected chi connectivity index (χ0v) is 9.79. The van der Waals surface area contributed by atoms with Crippen molar-refractivity contribution in [2.24, 2.45) is 0 Å². The molecule has 0 radical (unpaired) electrons. The molecule has 0 saturated carbocycles. The van der Waals surface area contributed by atoms with E-state index in [0.717, 1.165) is 26.1 Å². The molecule has 0 bridgehead atoms. The minimum Gasteiger partial charge on any atom is -0.396 e. The zero-order chi connectivity index (χ0) is 11.1. The first-order chi connectivity index (χ1) is 7.20. The highest BCUT2D eigenvalue weighted by atomic mass is 16.5. The third kappa shape index (κ3) is 4.47. The van der Waals surface area contributed by atoms with Crippen molar-refractivity contribution in [1.29, 1.82) is 0 Å². The van der Waals surface area contributed by atoms with Crippen molar-refractivity contribution in [3.05, 3.63) is 0 Å². The van der Waals surface area contributed by atoms with Gasteiger partial charge in [0.25, 0.3) is 0 Å². The maximum Gasteiger partial charge on any atom is 0.0642 e. The average Bonchev–Trinajstić information content (AvgIpc) is 2.19. The number of hydrogen-bond acceptors (Lipinski definition) is 4. The van der Waals surface area contributed by atoms with Gasteiger partial charge in [0.1, 0.15) is 0 Å². The molecule has 1 aliphatic heterocycles. The molecule has 1 saturated heterocycles. The molecule has 1 heterocycles. The molecule has 2 atom stereocenters. The van der Waals surface area contributed by atoms with Crippen LogP contribution in [0.25, 0.3) is 0 Å². The van der Waals surface area contributed by atoms with Crippen LogP contribution >= 0.6 is 0 Å². The molecule has 90 valence electrons. The fourth-order valence-corrected chi connectivity index (χ4v) is 2.10. The normalized spacial score (nSPS) is 26.2. The van der Waals surface area contributed by atoms with Crippen LogP contribution in [0.3, 0.4) is 0 Å². The van der Waals surface area contributed by atoms with Crippen LogP contribution < -0.4 is 5.32 Å². The standard InChI is InChI=1S/C11H23NO3/c1-11(5-6-13,9-14-2)12-10-4-3-7-15-8-10/h10,12-13H,3-9H2,1-2H3. The third-order valence-corrected chi connectivity index (χ3v) is 2.84. The van der Waals surface area contributed by atoms with Crippen LogP contribution in [0.4, 0.5) is 0 Å². The van der Waals surface area contributed by atoms with E-state index in [2.05, 4.69) is 12.2 Å². The minimum absolute atomic E-state index is 0.144. The first-order valence-corrected chi connectivity index (χ1v) is 5.65. The van der Waals surface area contributed by atoms with Gasteiger partial charge in [-0.1, -0.05) is 0 Å². The van der Waals surface area contributed by atoms with Gasteiger partial charge in [0, 0.05) is 31.9 Å². The Bertz CT molecular complexity index is 163. The van der Waals surface area contributed by atoms with Gasteiger partial charge in [0.05, 0.1) is 13.2 Å². The average molecular weight is 217 g/mol. The lowest BCUT2D eigenvalue weighted by atomic mass is 9.96. The monoisotopic (exact) mass is 217 g/mol. The molecule has 15 heavy (non-hydrogen) atoms. The summed E-state index contributed by atoms with van der Waals surface area (Å²) < 4.78 is 10.6. The highest BCUT2D eigenvalue weighted by molar-refractivity contribution is 4.87. The van der Waals surface area contributed by atoms with Gasteiger partial charge in [-0.05, 0) is 26.2 Å². The van der Waals surface area contributed by atoms with Crippen molar-refractivity contribution in [2.75, 3.05) is 33.5 Å². The van der Waals surface area contributed by atoms with Crippen molar-refractivity contribution >= 4 is 0 Å². The van der Waals surface area contributed by atoms with Gasteiger partial charge in [-0.3, -0.25) is 0 Å². The molecule has 0 aliphatic carbocycles. The van der Waals surface area contributed by atoms with Crippen LogP contribution in [-0.4, -0.2) is 50.2 Å². The smallest absolute Gasteiger partial charge is 0.0642 e. The predicted octanol–water partition coefficient (Wildman–Crippen LogP) is 0.542. The van der Waals surface area contributed by atoms with E-state index in [1.165, 1.54) is 0 Å². The number of nitrogens with one attached hydrogen (secondary N) is 1. The van der Waals surface area contributed by atoms with Gasteiger partial charge in [-0.15, -0.1) is 0 Å². The highest BCUT2D eigenvalue weighted by Crippen LogP contribution is 2.15. The third-order valence-electron chi connectivity index (χ3n) is 2.84. The lowest BCUT2D eigenvalue weighted by Crippen LogP contribution is -2.54. The quantitative estimate of drug-likeness (QED) is 0.682. The fraction of sp³-hybridized carbons (Fsp3) is 1.00. The Morgan fingerprint density at radius 3 is 2.93 bits per heavy atom. The molecule has 1 aliphatic rings. The second-order valence-corrected chi connectivity index (χ2v) is 4.53. The number of ether oxygens (including phenoxy) is 2. The number of aliphatic hydroxyl groups excluding tert-OH is 1. The second kappa shape index (κ2) is 6.43. The molecule has 0 aromatic heterocycles. The highest BCUT2D eigenvalue weighted by Gasteiger charge is 2.27. The second-order valence-electron chi connectivity index (χ2n) is 4.53. The van der Waals surface area contributed by atoms with E-state index in [-0.39, 0.29) is 12.1 Å². The van der Waals surface area contributed by atoms with E-state index in [4.69, 9.17) is 14.6 Å². The topological polar surface area (TPSA) is 50.7 Å². The Kier molecular flexibility index (Phi) is 5.53. The zero-order valence-electron chi connectivity index (χ0n) is 9.79. The van der Waals surface area contributed by atoms with Crippen molar-refractivity contribution in [3.63, 3.8) is 0 Å². The summed E-state index contributed by atoms with van der Waals surface area (Å²) >= 11 is 0. The van der Waals surface area contributed by atoms with E-state index < -0.39 is 0 Å². The van der Waals surface area contributed by atoms with Crippen LogP contribution in [-0.2, 0) is 9.47 Å². The Hall–Kier alpha value is -0.160. The van der Waals surface area contributed by atoms with Crippen LogP contribution in [0, 0.1) is 0 Å². The molecule has 4 heteroatoms. The Morgan fingerprint density at radius 2 is 2.40 bits per heavy atom. The molecule has 2 N–H and O–H groups in total. The first-order valence-electron chi connectivity index (χ1n) is 5.65. The van der Waals surface area contributed by atoms with Crippen LogP contribution in [0.2, 0.25) is 0 Å². The van der Waals surface area contributed by atoms with Crippen LogP contribution in [0.5, 0.6) is 0 Å². The molecular formula is C11H23NO3. The molecular weight excluding hydrogens is 194 g/mol. The molecule has 0 amide bonds. The Morgan fingerprint density at radius 1 is 1.60 bits per heavy atom. The summed E-state index contributed by atoms with van der Waals surface area (Å²) in [6.07, 6.45) is 2.96. The van der Waals surface area contributed by atoms with Gasteiger partial charge in [-0.2, -0.15) is 0 Å². The van der Waals surface area contributed by atoms with Gasteiger partial charge >= 0.3 is 0 Å². The molecule has 1 fully saturated rings. The number of hydrogen-bond donors (Lipinski definition) is 2. The van der Waals surface area contributed by atoms with E-state index in [1.54, 1.807) is 7.11 Å². The van der Waals surface area contributed by atoms with Crippen molar-refractivity contribution in [2.45, 2.75) is 37.8 Å². The van der Waals surface area contributed by atoms with Gasteiger partial charge in [0.2, 0.25) is 0 Å².